The van der Waals surface area contributed by atoms with E-state index in [0.29, 0.717) is 6.61 Å². The molecule has 90 valence electrons. The highest BCUT2D eigenvalue weighted by atomic mass is 16.5. The normalized spacial score (nSPS) is 10.8. The third-order valence-electron chi connectivity index (χ3n) is 2.36. The molecule has 0 radical (unpaired) electrons. The van der Waals surface area contributed by atoms with Crippen molar-refractivity contribution < 1.29 is 9.47 Å². The van der Waals surface area contributed by atoms with Crippen molar-refractivity contribution in [2.45, 2.75) is 13.5 Å². The molecule has 0 fully saturated rings. The van der Waals surface area contributed by atoms with Gasteiger partial charge >= 0.3 is 0 Å². The third kappa shape index (κ3) is 4.64. The number of ether oxygens (including phenoxy) is 2. The van der Waals surface area contributed by atoms with Gasteiger partial charge in [0.05, 0.1) is 13.2 Å². The Morgan fingerprint density at radius 3 is 2.44 bits per heavy atom. The summed E-state index contributed by atoms with van der Waals surface area (Å²) in [6.45, 7) is 5.37. The van der Waals surface area contributed by atoms with Crippen molar-refractivity contribution in [1.29, 1.82) is 0 Å². The van der Waals surface area contributed by atoms with Gasteiger partial charge in [0.2, 0.25) is 0 Å². The van der Waals surface area contributed by atoms with Crippen LogP contribution >= 0.6 is 0 Å². The van der Waals surface area contributed by atoms with Crippen molar-refractivity contribution in [2.24, 2.45) is 0 Å². The molecule has 16 heavy (non-hydrogen) atoms. The van der Waals surface area contributed by atoms with Gasteiger partial charge in [-0.15, -0.1) is 0 Å². The predicted octanol–water partition coefficient (Wildman–Crippen LogP) is 2.16. The summed E-state index contributed by atoms with van der Waals surface area (Å²) < 4.78 is 10.4. The average Bonchev–Trinajstić information content (AvgIpc) is 2.29. The maximum Gasteiger partial charge on any atom is 0.119 e. The Morgan fingerprint density at radius 1 is 1.19 bits per heavy atom. The van der Waals surface area contributed by atoms with Gasteiger partial charge in [-0.25, -0.2) is 0 Å². The quantitative estimate of drug-likeness (QED) is 0.707. The number of hydrogen-bond acceptors (Lipinski definition) is 3. The summed E-state index contributed by atoms with van der Waals surface area (Å²) in [6.07, 6.45) is 0. The molecule has 0 bridgehead atoms. The lowest BCUT2D eigenvalue weighted by molar-refractivity contribution is 0.158. The fourth-order valence-electron chi connectivity index (χ4n) is 1.50. The zero-order chi connectivity index (χ0) is 11.8. The van der Waals surface area contributed by atoms with Gasteiger partial charge in [-0.2, -0.15) is 0 Å². The van der Waals surface area contributed by atoms with Crippen molar-refractivity contribution in [1.82, 2.24) is 4.90 Å². The van der Waals surface area contributed by atoms with Crippen LogP contribution in [0.2, 0.25) is 0 Å². The van der Waals surface area contributed by atoms with Crippen LogP contribution in [-0.2, 0) is 11.3 Å². The SMILES string of the molecule is CCOc1ccc(CN(C)CCOC)cc1. The average molecular weight is 223 g/mol. The highest BCUT2D eigenvalue weighted by Crippen LogP contribution is 2.13. The molecular weight excluding hydrogens is 202 g/mol. The number of nitrogens with zero attached hydrogens (tertiary/aromatic N) is 1. The smallest absolute Gasteiger partial charge is 0.119 e. The molecule has 0 saturated heterocycles. The molecule has 3 heteroatoms. The van der Waals surface area contributed by atoms with E-state index in [0.717, 1.165) is 25.4 Å². The summed E-state index contributed by atoms with van der Waals surface area (Å²) in [5.74, 6) is 0.936. The van der Waals surface area contributed by atoms with Crippen LogP contribution in [0.15, 0.2) is 24.3 Å². The van der Waals surface area contributed by atoms with Gasteiger partial charge in [-0.05, 0) is 31.7 Å². The topological polar surface area (TPSA) is 21.7 Å². The van der Waals surface area contributed by atoms with E-state index >= 15 is 0 Å². The molecule has 3 nitrogen and oxygen atoms in total. The first kappa shape index (κ1) is 13.0. The predicted molar refractivity (Wildman–Crippen MR) is 65.8 cm³/mol. The summed E-state index contributed by atoms with van der Waals surface area (Å²) in [7, 11) is 3.82. The van der Waals surface area contributed by atoms with Gasteiger partial charge in [-0.1, -0.05) is 12.1 Å². The second-order valence-electron chi connectivity index (χ2n) is 3.81. The molecule has 0 heterocycles. The molecular formula is C13H21NO2. The van der Waals surface area contributed by atoms with Gasteiger partial charge in [0, 0.05) is 20.2 Å². The van der Waals surface area contributed by atoms with E-state index in [4.69, 9.17) is 9.47 Å². The van der Waals surface area contributed by atoms with Crippen molar-refractivity contribution in [3.63, 3.8) is 0 Å². The summed E-state index contributed by atoms with van der Waals surface area (Å²) in [6, 6.07) is 8.24. The molecule has 0 unspecified atom stereocenters. The Hall–Kier alpha value is -1.06. The zero-order valence-electron chi connectivity index (χ0n) is 10.4. The lowest BCUT2D eigenvalue weighted by Gasteiger charge is -2.16. The number of rotatable bonds is 7. The third-order valence-corrected chi connectivity index (χ3v) is 2.36. The zero-order valence-corrected chi connectivity index (χ0v) is 10.4. The molecule has 1 aromatic carbocycles. The Kier molecular flexibility index (Phi) is 5.90. The summed E-state index contributed by atoms with van der Waals surface area (Å²) >= 11 is 0. The Morgan fingerprint density at radius 2 is 1.88 bits per heavy atom. The highest BCUT2D eigenvalue weighted by Gasteiger charge is 2.00. The van der Waals surface area contributed by atoms with Crippen LogP contribution in [0.4, 0.5) is 0 Å². The Bertz CT molecular complexity index is 284. The van der Waals surface area contributed by atoms with Gasteiger partial charge in [0.15, 0.2) is 0 Å². The van der Waals surface area contributed by atoms with E-state index in [1.807, 2.05) is 19.1 Å². The number of benzene rings is 1. The molecule has 0 atom stereocenters. The molecule has 0 amide bonds. The van der Waals surface area contributed by atoms with Crippen LogP contribution in [0.1, 0.15) is 12.5 Å². The number of methoxy groups -OCH3 is 1. The van der Waals surface area contributed by atoms with Crippen LogP contribution in [-0.4, -0.2) is 38.8 Å². The van der Waals surface area contributed by atoms with E-state index in [-0.39, 0.29) is 0 Å². The minimum Gasteiger partial charge on any atom is -0.494 e. The molecule has 0 saturated carbocycles. The minimum absolute atomic E-state index is 0.715. The van der Waals surface area contributed by atoms with E-state index in [1.54, 1.807) is 7.11 Å². The Balaban J connectivity index is 2.41. The van der Waals surface area contributed by atoms with Crippen LogP contribution in [0.3, 0.4) is 0 Å². The lowest BCUT2D eigenvalue weighted by atomic mass is 10.2. The van der Waals surface area contributed by atoms with E-state index in [2.05, 4.69) is 24.1 Å². The van der Waals surface area contributed by atoms with Gasteiger partial charge < -0.3 is 9.47 Å². The fraction of sp³-hybridized carbons (Fsp3) is 0.538. The van der Waals surface area contributed by atoms with E-state index < -0.39 is 0 Å². The van der Waals surface area contributed by atoms with E-state index in [1.165, 1.54) is 5.56 Å². The minimum atomic E-state index is 0.715. The summed E-state index contributed by atoms with van der Waals surface area (Å²) in [4.78, 5) is 2.24. The van der Waals surface area contributed by atoms with Crippen molar-refractivity contribution in [2.75, 3.05) is 33.9 Å². The number of hydrogen-bond donors (Lipinski definition) is 0. The van der Waals surface area contributed by atoms with Crippen LogP contribution < -0.4 is 4.74 Å². The molecule has 0 aliphatic rings. The van der Waals surface area contributed by atoms with Crippen molar-refractivity contribution in [3.05, 3.63) is 29.8 Å². The summed E-state index contributed by atoms with van der Waals surface area (Å²) in [5.41, 5.74) is 1.29. The van der Waals surface area contributed by atoms with Gasteiger partial charge in [0.1, 0.15) is 5.75 Å². The highest BCUT2D eigenvalue weighted by molar-refractivity contribution is 5.27. The molecule has 0 aromatic heterocycles. The van der Waals surface area contributed by atoms with Crippen LogP contribution in [0.5, 0.6) is 5.75 Å². The number of likely N-dealkylation sites (N-methyl/N-ethyl adjacent to an activating group) is 1. The van der Waals surface area contributed by atoms with Gasteiger partial charge in [-0.3, -0.25) is 4.90 Å². The summed E-state index contributed by atoms with van der Waals surface area (Å²) in [5, 5.41) is 0. The second kappa shape index (κ2) is 7.25. The maximum absolute atomic E-state index is 5.40. The van der Waals surface area contributed by atoms with Crippen molar-refractivity contribution in [3.8, 4) is 5.75 Å². The molecule has 0 aliphatic carbocycles. The second-order valence-corrected chi connectivity index (χ2v) is 3.81. The van der Waals surface area contributed by atoms with Crippen LogP contribution in [0, 0.1) is 0 Å². The molecule has 1 aromatic rings. The van der Waals surface area contributed by atoms with Gasteiger partial charge in [0.25, 0.3) is 0 Å². The monoisotopic (exact) mass is 223 g/mol. The standard InChI is InChI=1S/C13H21NO2/c1-4-16-13-7-5-12(6-8-13)11-14(2)9-10-15-3/h5-8H,4,9-11H2,1-3H3. The van der Waals surface area contributed by atoms with Crippen LogP contribution in [0.25, 0.3) is 0 Å². The molecule has 0 aliphatic heterocycles. The molecule has 0 N–H and O–H groups in total. The maximum atomic E-state index is 5.40. The first-order valence-electron chi connectivity index (χ1n) is 5.65. The first-order chi connectivity index (χ1) is 7.76. The molecule has 1 rings (SSSR count). The van der Waals surface area contributed by atoms with E-state index in [9.17, 15) is 0 Å². The Labute approximate surface area is 98.0 Å². The van der Waals surface area contributed by atoms with Crippen molar-refractivity contribution >= 4 is 0 Å². The fourth-order valence-corrected chi connectivity index (χ4v) is 1.50. The molecule has 0 spiro atoms. The lowest BCUT2D eigenvalue weighted by Crippen LogP contribution is -2.22. The first-order valence-corrected chi connectivity index (χ1v) is 5.65. The largest absolute Gasteiger partial charge is 0.494 e.